The molecule has 0 amide bonds. The molecule has 0 fully saturated rings. The van der Waals surface area contributed by atoms with Crippen molar-refractivity contribution in [3.63, 3.8) is 0 Å². The fourth-order valence-electron chi connectivity index (χ4n) is 9.90. The van der Waals surface area contributed by atoms with E-state index < -0.39 is 0 Å². The summed E-state index contributed by atoms with van der Waals surface area (Å²) in [5.74, 6) is 0.679. The van der Waals surface area contributed by atoms with Gasteiger partial charge in [0.05, 0.1) is 11.4 Å². The Labute approximate surface area is 366 Å². The second kappa shape index (κ2) is 14.8. The summed E-state index contributed by atoms with van der Waals surface area (Å²) in [6.45, 7) is 2.39. The summed E-state index contributed by atoms with van der Waals surface area (Å²) in [5.41, 5.74) is 19.4. The van der Waals surface area contributed by atoms with E-state index >= 15 is 0 Å². The molecule has 1 unspecified atom stereocenters. The summed E-state index contributed by atoms with van der Waals surface area (Å²) in [4.78, 5) is 10.6. The third kappa shape index (κ3) is 6.12. The lowest BCUT2D eigenvalue weighted by Gasteiger charge is -2.30. The van der Waals surface area contributed by atoms with E-state index in [1.54, 1.807) is 0 Å². The summed E-state index contributed by atoms with van der Waals surface area (Å²) < 4.78 is 6.42. The topological polar surface area (TPSA) is 38.9 Å². The van der Waals surface area contributed by atoms with Crippen LogP contribution in [0.1, 0.15) is 23.6 Å². The highest BCUT2D eigenvalue weighted by atomic mass is 16.3. The first kappa shape index (κ1) is 36.7. The second-order valence-corrected chi connectivity index (χ2v) is 16.6. The maximum Gasteiger partial charge on any atom is 0.160 e. The molecule has 12 rings (SSSR count). The van der Waals surface area contributed by atoms with Crippen LogP contribution in [0.5, 0.6) is 0 Å². The Kier molecular flexibility index (Phi) is 8.62. The molecule has 1 aliphatic rings. The molecule has 0 aliphatic heterocycles. The van der Waals surface area contributed by atoms with Crippen molar-refractivity contribution in [1.29, 1.82) is 0 Å². The number of para-hydroxylation sites is 2. The first-order valence-electron chi connectivity index (χ1n) is 21.6. The van der Waals surface area contributed by atoms with Gasteiger partial charge in [0.25, 0.3) is 0 Å². The number of benzene rings is 9. The summed E-state index contributed by atoms with van der Waals surface area (Å²) in [6, 6.07) is 80.0. The molecule has 11 aromatic rings. The maximum absolute atomic E-state index is 6.42. The molecule has 0 saturated heterocycles. The Morgan fingerprint density at radius 1 is 0.365 bits per heavy atom. The molecule has 3 nitrogen and oxygen atoms in total. The number of aromatic nitrogens is 2. The second-order valence-electron chi connectivity index (χ2n) is 16.6. The van der Waals surface area contributed by atoms with Crippen molar-refractivity contribution in [1.82, 2.24) is 9.97 Å². The molecule has 0 N–H and O–H groups in total. The summed E-state index contributed by atoms with van der Waals surface area (Å²) in [6.07, 6.45) is 0. The van der Waals surface area contributed by atoms with Gasteiger partial charge in [0.15, 0.2) is 5.82 Å². The van der Waals surface area contributed by atoms with Crippen LogP contribution >= 0.6 is 0 Å². The molecular weight excluding hydrogens is 765 g/mol. The van der Waals surface area contributed by atoms with Crippen LogP contribution in [-0.2, 0) is 5.41 Å². The Hall–Kier alpha value is -8.14. The highest BCUT2D eigenvalue weighted by molar-refractivity contribution is 6.09. The third-order valence-electron chi connectivity index (χ3n) is 13.0. The number of furan rings is 1. The van der Waals surface area contributed by atoms with Crippen LogP contribution < -0.4 is 0 Å². The van der Waals surface area contributed by atoms with Gasteiger partial charge in [-0.3, -0.25) is 0 Å². The SMILES string of the molecule is CC1(c2ccccc2)c2ccccc2-c2cccc(-c3cc(-c4ccccc4)cc(-c4cc(-c5ccc(-c6cccc7c6oc6ccccc67)cc5)nc(-c5ccccc5)n4)c3)c21. The molecule has 0 saturated carbocycles. The number of nitrogens with zero attached hydrogens (tertiary/aromatic N) is 2. The van der Waals surface area contributed by atoms with Crippen LogP contribution in [0.4, 0.5) is 0 Å². The van der Waals surface area contributed by atoms with E-state index in [1.165, 1.54) is 33.4 Å². The first-order valence-corrected chi connectivity index (χ1v) is 21.6. The van der Waals surface area contributed by atoms with Crippen molar-refractivity contribution in [2.75, 3.05) is 0 Å². The van der Waals surface area contributed by atoms with Crippen molar-refractivity contribution in [2.24, 2.45) is 0 Å². The Balaban J connectivity index is 1.04. The molecule has 3 heteroatoms. The van der Waals surface area contributed by atoms with Crippen molar-refractivity contribution in [2.45, 2.75) is 12.3 Å². The van der Waals surface area contributed by atoms with E-state index in [4.69, 9.17) is 14.4 Å². The lowest BCUT2D eigenvalue weighted by Crippen LogP contribution is -2.23. The number of rotatable bonds is 7. The number of fused-ring (bicyclic) bond motifs is 6. The van der Waals surface area contributed by atoms with E-state index in [9.17, 15) is 0 Å². The van der Waals surface area contributed by atoms with Gasteiger partial charge < -0.3 is 4.42 Å². The molecule has 63 heavy (non-hydrogen) atoms. The van der Waals surface area contributed by atoms with Gasteiger partial charge in [-0.1, -0.05) is 194 Å². The zero-order valence-electron chi connectivity index (χ0n) is 34.7. The molecule has 9 aromatic carbocycles. The summed E-state index contributed by atoms with van der Waals surface area (Å²) in [5, 5.41) is 2.24. The molecule has 296 valence electrons. The molecule has 0 radical (unpaired) electrons. The van der Waals surface area contributed by atoms with Crippen LogP contribution in [0.15, 0.2) is 229 Å². The summed E-state index contributed by atoms with van der Waals surface area (Å²) >= 11 is 0. The molecule has 2 heterocycles. The molecule has 1 aliphatic carbocycles. The molecule has 1 atom stereocenters. The van der Waals surface area contributed by atoms with Crippen molar-refractivity contribution < 1.29 is 4.42 Å². The third-order valence-corrected chi connectivity index (χ3v) is 13.0. The van der Waals surface area contributed by atoms with Gasteiger partial charge >= 0.3 is 0 Å². The van der Waals surface area contributed by atoms with E-state index in [2.05, 4.69) is 201 Å². The lowest BCUT2D eigenvalue weighted by molar-refractivity contribution is 0.670. The lowest BCUT2D eigenvalue weighted by atomic mass is 9.72. The van der Waals surface area contributed by atoms with Gasteiger partial charge in [-0.05, 0) is 92.9 Å². The molecule has 2 aromatic heterocycles. The van der Waals surface area contributed by atoms with Crippen molar-refractivity contribution in [3.8, 4) is 78.4 Å². The van der Waals surface area contributed by atoms with Crippen LogP contribution in [-0.4, -0.2) is 9.97 Å². The maximum atomic E-state index is 6.42. The van der Waals surface area contributed by atoms with Gasteiger partial charge in [-0.15, -0.1) is 0 Å². The zero-order valence-corrected chi connectivity index (χ0v) is 34.7. The highest BCUT2D eigenvalue weighted by Gasteiger charge is 2.42. The molecular formula is C60H40N2O. The standard InChI is InChI=1S/C60H40N2O/c1-60(46-21-9-4-10-22-46)53-29-13-11-23-49(53)51-27-15-25-47(57(51)60)44-35-43(39-17-5-2-6-18-39)36-45(37-44)55-38-54(61-59(62-55)42-19-7-3-8-20-42)41-33-31-40(32-34-41)48-26-16-28-52-50-24-12-14-30-56(50)63-58(48)52/h2-38H,1H3. The summed E-state index contributed by atoms with van der Waals surface area (Å²) in [7, 11) is 0. The van der Waals surface area contributed by atoms with Gasteiger partial charge in [0.2, 0.25) is 0 Å². The number of hydrogen-bond donors (Lipinski definition) is 0. The van der Waals surface area contributed by atoms with Crippen LogP contribution in [0.25, 0.3) is 100 Å². The minimum Gasteiger partial charge on any atom is -0.455 e. The Morgan fingerprint density at radius 2 is 0.921 bits per heavy atom. The molecule has 0 spiro atoms. The Bertz CT molecular complexity index is 3500. The predicted molar refractivity (Wildman–Crippen MR) is 259 cm³/mol. The van der Waals surface area contributed by atoms with Gasteiger partial charge in [-0.25, -0.2) is 9.97 Å². The van der Waals surface area contributed by atoms with Crippen molar-refractivity contribution in [3.05, 3.63) is 241 Å². The molecule has 0 bridgehead atoms. The fraction of sp³-hybridized carbons (Fsp3) is 0.0333. The van der Waals surface area contributed by atoms with E-state index in [0.717, 1.165) is 77.8 Å². The predicted octanol–water partition coefficient (Wildman–Crippen LogP) is 15.7. The zero-order chi connectivity index (χ0) is 41.9. The minimum atomic E-state index is -0.364. The van der Waals surface area contributed by atoms with Gasteiger partial charge in [0.1, 0.15) is 11.2 Å². The largest absolute Gasteiger partial charge is 0.455 e. The van der Waals surface area contributed by atoms with E-state index in [-0.39, 0.29) is 5.41 Å². The van der Waals surface area contributed by atoms with Gasteiger partial charge in [-0.2, -0.15) is 0 Å². The van der Waals surface area contributed by atoms with Crippen LogP contribution in [0.2, 0.25) is 0 Å². The van der Waals surface area contributed by atoms with Gasteiger partial charge in [0, 0.05) is 38.4 Å². The van der Waals surface area contributed by atoms with E-state index in [1.807, 2.05) is 30.3 Å². The van der Waals surface area contributed by atoms with E-state index in [0.29, 0.717) is 5.82 Å². The van der Waals surface area contributed by atoms with Crippen molar-refractivity contribution >= 4 is 21.9 Å². The van der Waals surface area contributed by atoms with Crippen LogP contribution in [0.3, 0.4) is 0 Å². The Morgan fingerprint density at radius 3 is 1.71 bits per heavy atom. The highest BCUT2D eigenvalue weighted by Crippen LogP contribution is 2.55. The minimum absolute atomic E-state index is 0.364. The average Bonchev–Trinajstić information content (AvgIpc) is 3.88. The number of hydrogen-bond acceptors (Lipinski definition) is 3. The normalized spacial score (nSPS) is 14.2. The monoisotopic (exact) mass is 804 g/mol. The quantitative estimate of drug-likeness (QED) is 0.161. The first-order chi connectivity index (χ1) is 31.1. The van der Waals surface area contributed by atoms with Crippen LogP contribution in [0, 0.1) is 0 Å². The smallest absolute Gasteiger partial charge is 0.160 e. The average molecular weight is 805 g/mol. The fourth-order valence-corrected chi connectivity index (χ4v) is 9.90.